The minimum absolute atomic E-state index is 0.0779. The van der Waals surface area contributed by atoms with Gasteiger partial charge in [-0.25, -0.2) is 9.66 Å². The first-order chi connectivity index (χ1) is 13.7. The Morgan fingerprint density at radius 1 is 1.31 bits per heavy atom. The molecular weight excluding hydrogens is 429 g/mol. The van der Waals surface area contributed by atoms with Gasteiger partial charge in [-0.2, -0.15) is 18.4 Å². The minimum atomic E-state index is -4.69. The highest BCUT2D eigenvalue weighted by Crippen LogP contribution is 2.33. The van der Waals surface area contributed by atoms with Crippen molar-refractivity contribution in [2.45, 2.75) is 18.0 Å². The highest BCUT2D eigenvalue weighted by molar-refractivity contribution is 7.85. The number of halogens is 4. The van der Waals surface area contributed by atoms with Gasteiger partial charge >= 0.3 is 6.18 Å². The number of hydrogen-bond acceptors (Lipinski definition) is 5. The van der Waals surface area contributed by atoms with Gasteiger partial charge in [-0.1, -0.05) is 18.5 Å². The maximum absolute atomic E-state index is 13.1. The maximum atomic E-state index is 13.1. The van der Waals surface area contributed by atoms with Gasteiger partial charge in [0.2, 0.25) is 0 Å². The van der Waals surface area contributed by atoms with Gasteiger partial charge in [-0.3, -0.25) is 14.4 Å². The van der Waals surface area contributed by atoms with Crippen molar-refractivity contribution >= 4 is 39.0 Å². The SMILES string of the molecule is CCS(=O)c1ccc(C#N)cc1Nn1cnc2c(Cl)cc(C(F)(F)F)cc2c1=O. The van der Waals surface area contributed by atoms with E-state index in [1.807, 2.05) is 6.07 Å². The van der Waals surface area contributed by atoms with Crippen LogP contribution in [0, 0.1) is 11.3 Å². The number of hydrogen-bond donors (Lipinski definition) is 1. The van der Waals surface area contributed by atoms with Crippen LogP contribution in [0.15, 0.2) is 46.3 Å². The molecule has 0 aliphatic carbocycles. The monoisotopic (exact) mass is 440 g/mol. The second-order valence-electron chi connectivity index (χ2n) is 5.84. The van der Waals surface area contributed by atoms with Gasteiger partial charge < -0.3 is 0 Å². The molecule has 6 nitrogen and oxygen atoms in total. The Hall–Kier alpha value is -2.90. The van der Waals surface area contributed by atoms with Crippen LogP contribution in [0.1, 0.15) is 18.1 Å². The third-order valence-electron chi connectivity index (χ3n) is 4.00. The molecule has 3 aromatic rings. The average Bonchev–Trinajstić information content (AvgIpc) is 2.68. The van der Waals surface area contributed by atoms with Gasteiger partial charge in [0.05, 0.1) is 54.5 Å². The first kappa shape index (κ1) is 20.8. The molecule has 11 heteroatoms. The highest BCUT2D eigenvalue weighted by atomic mass is 35.5. The summed E-state index contributed by atoms with van der Waals surface area (Å²) in [5, 5.41) is 8.45. The van der Waals surface area contributed by atoms with Crippen LogP contribution in [0.25, 0.3) is 10.9 Å². The summed E-state index contributed by atoms with van der Waals surface area (Å²) in [5.41, 5.74) is 1.13. The van der Waals surface area contributed by atoms with Gasteiger partial charge in [0, 0.05) is 5.75 Å². The van der Waals surface area contributed by atoms with E-state index >= 15 is 0 Å². The minimum Gasteiger partial charge on any atom is -0.289 e. The van der Waals surface area contributed by atoms with Crippen LogP contribution in [0.3, 0.4) is 0 Å². The maximum Gasteiger partial charge on any atom is 0.416 e. The van der Waals surface area contributed by atoms with Crippen molar-refractivity contribution in [1.82, 2.24) is 9.66 Å². The van der Waals surface area contributed by atoms with Gasteiger partial charge in [0.1, 0.15) is 6.33 Å². The van der Waals surface area contributed by atoms with E-state index in [1.165, 1.54) is 18.2 Å². The van der Waals surface area contributed by atoms with E-state index in [0.717, 1.165) is 11.0 Å². The Morgan fingerprint density at radius 3 is 2.66 bits per heavy atom. The van der Waals surface area contributed by atoms with Crippen LogP contribution < -0.4 is 11.0 Å². The Kier molecular flexibility index (Phi) is 5.64. The zero-order chi connectivity index (χ0) is 21.3. The Balaban J connectivity index is 2.17. The Labute approximate surface area is 170 Å². The smallest absolute Gasteiger partial charge is 0.289 e. The molecule has 1 aromatic heterocycles. The number of nitrogens with one attached hydrogen (secondary N) is 1. The van der Waals surface area contributed by atoms with Crippen molar-refractivity contribution in [3.05, 3.63) is 63.2 Å². The van der Waals surface area contributed by atoms with E-state index in [1.54, 1.807) is 6.92 Å². The van der Waals surface area contributed by atoms with Gasteiger partial charge in [0.25, 0.3) is 5.56 Å². The number of anilines is 1. The summed E-state index contributed by atoms with van der Waals surface area (Å²) in [7, 11) is -1.42. The van der Waals surface area contributed by atoms with Crippen molar-refractivity contribution < 1.29 is 17.4 Å². The molecule has 3 rings (SSSR count). The fraction of sp³-hybridized carbons (Fsp3) is 0.167. The molecular formula is C18H12ClF3N4O2S. The molecule has 1 atom stereocenters. The number of nitrogens with zero attached hydrogens (tertiary/aromatic N) is 3. The number of alkyl halides is 3. The molecule has 0 fully saturated rings. The van der Waals surface area contributed by atoms with Gasteiger partial charge in [-0.05, 0) is 30.3 Å². The number of benzene rings is 2. The lowest BCUT2D eigenvalue weighted by Gasteiger charge is -2.14. The molecule has 0 amide bonds. The van der Waals surface area contributed by atoms with E-state index in [-0.39, 0.29) is 32.9 Å². The predicted octanol–water partition coefficient (Wildman–Crippen LogP) is 3.94. The van der Waals surface area contributed by atoms with Crippen LogP contribution in [0.5, 0.6) is 0 Å². The summed E-state index contributed by atoms with van der Waals surface area (Å²) in [4.78, 5) is 17.1. The zero-order valence-electron chi connectivity index (χ0n) is 14.7. The standard InChI is InChI=1S/C18H12ClF3N4O2S/c1-2-29(28)15-4-3-10(8-23)5-14(15)25-26-9-24-16-12(17(26)27)6-11(7-13(16)19)18(20,21)22/h3-7,9,25H,2H2,1H3. The summed E-state index contributed by atoms with van der Waals surface area (Å²) in [6.45, 7) is 1.70. The molecule has 29 heavy (non-hydrogen) atoms. The number of fused-ring (bicyclic) bond motifs is 1. The van der Waals surface area contributed by atoms with Gasteiger partial charge in [-0.15, -0.1) is 0 Å². The van der Waals surface area contributed by atoms with Crippen molar-refractivity contribution in [2.75, 3.05) is 11.2 Å². The molecule has 0 bridgehead atoms. The first-order valence-electron chi connectivity index (χ1n) is 8.13. The lowest BCUT2D eigenvalue weighted by Crippen LogP contribution is -2.27. The molecule has 150 valence electrons. The summed E-state index contributed by atoms with van der Waals surface area (Å²) >= 11 is 5.87. The summed E-state index contributed by atoms with van der Waals surface area (Å²) < 4.78 is 52.3. The van der Waals surface area contributed by atoms with Crippen LogP contribution >= 0.6 is 11.6 Å². The second-order valence-corrected chi connectivity index (χ2v) is 7.96. The van der Waals surface area contributed by atoms with E-state index in [2.05, 4.69) is 10.4 Å². The van der Waals surface area contributed by atoms with Crippen LogP contribution in [-0.2, 0) is 17.0 Å². The van der Waals surface area contributed by atoms with Crippen molar-refractivity contribution in [3.63, 3.8) is 0 Å². The summed E-state index contributed by atoms with van der Waals surface area (Å²) in [6.07, 6.45) is -3.63. The highest BCUT2D eigenvalue weighted by Gasteiger charge is 2.32. The summed E-state index contributed by atoms with van der Waals surface area (Å²) in [5.74, 6) is 0.288. The van der Waals surface area contributed by atoms with Crippen molar-refractivity contribution in [2.24, 2.45) is 0 Å². The molecule has 1 heterocycles. The number of aromatic nitrogens is 2. The topological polar surface area (TPSA) is 87.8 Å². The molecule has 1 N–H and O–H groups in total. The third kappa shape index (κ3) is 4.11. The molecule has 0 saturated carbocycles. The predicted molar refractivity (Wildman–Crippen MR) is 103 cm³/mol. The largest absolute Gasteiger partial charge is 0.416 e. The lowest BCUT2D eigenvalue weighted by atomic mass is 10.1. The zero-order valence-corrected chi connectivity index (χ0v) is 16.3. The fourth-order valence-electron chi connectivity index (χ4n) is 2.60. The number of nitriles is 1. The molecule has 0 aliphatic rings. The quantitative estimate of drug-likeness (QED) is 0.663. The number of rotatable bonds is 4. The first-order valence-corrected chi connectivity index (χ1v) is 9.83. The second kappa shape index (κ2) is 7.85. The van der Waals surface area contributed by atoms with E-state index in [9.17, 15) is 22.2 Å². The molecule has 0 saturated heterocycles. The fourth-order valence-corrected chi connectivity index (χ4v) is 3.75. The molecule has 0 spiro atoms. The Bertz CT molecular complexity index is 1230. The van der Waals surface area contributed by atoms with Crippen molar-refractivity contribution in [1.29, 1.82) is 5.26 Å². The van der Waals surface area contributed by atoms with Crippen LogP contribution in [0.4, 0.5) is 18.9 Å². The molecule has 0 aliphatic heterocycles. The van der Waals surface area contributed by atoms with E-state index in [4.69, 9.17) is 16.9 Å². The van der Waals surface area contributed by atoms with Crippen LogP contribution in [0.2, 0.25) is 5.02 Å². The molecule has 0 radical (unpaired) electrons. The van der Waals surface area contributed by atoms with Crippen molar-refractivity contribution in [3.8, 4) is 6.07 Å². The normalized spacial score (nSPS) is 12.6. The average molecular weight is 441 g/mol. The lowest BCUT2D eigenvalue weighted by molar-refractivity contribution is -0.137. The third-order valence-corrected chi connectivity index (χ3v) is 5.66. The summed E-state index contributed by atoms with van der Waals surface area (Å²) in [6, 6.07) is 7.65. The van der Waals surface area contributed by atoms with Gasteiger partial charge in [0.15, 0.2) is 0 Å². The Morgan fingerprint density at radius 2 is 2.03 bits per heavy atom. The molecule has 1 unspecified atom stereocenters. The van der Waals surface area contributed by atoms with Crippen LogP contribution in [-0.4, -0.2) is 19.6 Å². The van der Waals surface area contributed by atoms with E-state index in [0.29, 0.717) is 17.0 Å². The molecule has 2 aromatic carbocycles. The van der Waals surface area contributed by atoms with E-state index < -0.39 is 28.1 Å².